The predicted molar refractivity (Wildman–Crippen MR) is 75.5 cm³/mol. The van der Waals surface area contributed by atoms with Crippen LogP contribution >= 0.6 is 0 Å². The number of amides is 1. The summed E-state index contributed by atoms with van der Waals surface area (Å²) in [5.41, 5.74) is 0.733. The molecule has 0 atom stereocenters. The number of benzene rings is 1. The zero-order chi connectivity index (χ0) is 14.6. The van der Waals surface area contributed by atoms with Crippen molar-refractivity contribution in [3.05, 3.63) is 30.6 Å². The zero-order valence-electron chi connectivity index (χ0n) is 11.8. The van der Waals surface area contributed by atoms with Crippen molar-refractivity contribution in [3.8, 4) is 5.69 Å². The molecule has 0 aliphatic rings. The maximum atomic E-state index is 12.3. The van der Waals surface area contributed by atoms with Gasteiger partial charge in [-0.2, -0.15) is 4.68 Å². The van der Waals surface area contributed by atoms with Crippen LogP contribution in [0.3, 0.4) is 0 Å². The van der Waals surface area contributed by atoms with Gasteiger partial charge in [-0.05, 0) is 43.0 Å². The van der Waals surface area contributed by atoms with Crippen molar-refractivity contribution in [2.75, 3.05) is 11.9 Å². The van der Waals surface area contributed by atoms with Gasteiger partial charge in [-0.3, -0.25) is 4.79 Å². The third-order valence-electron chi connectivity index (χ3n) is 2.93. The molecule has 0 spiro atoms. The van der Waals surface area contributed by atoms with Crippen LogP contribution in [0, 0.1) is 0 Å². The molecule has 0 unspecified atom stereocenters. The summed E-state index contributed by atoms with van der Waals surface area (Å²) in [7, 11) is 0. The maximum absolute atomic E-state index is 12.3. The summed E-state index contributed by atoms with van der Waals surface area (Å²) in [5, 5.41) is 17.1. The molecule has 0 saturated heterocycles. The summed E-state index contributed by atoms with van der Waals surface area (Å²) >= 11 is 0. The van der Waals surface area contributed by atoms with Crippen LogP contribution < -0.4 is 10.6 Å². The first-order valence-electron chi connectivity index (χ1n) is 6.43. The van der Waals surface area contributed by atoms with E-state index in [0.717, 1.165) is 12.2 Å². The molecular formula is C13H18N6O. The van der Waals surface area contributed by atoms with Gasteiger partial charge in [-0.1, -0.05) is 19.1 Å². The number of carbonyl (C=O) groups excluding carboxylic acids is 1. The average Bonchev–Trinajstić information content (AvgIpc) is 2.93. The highest BCUT2D eigenvalue weighted by atomic mass is 16.2. The second-order valence-corrected chi connectivity index (χ2v) is 4.88. The Kier molecular flexibility index (Phi) is 4.09. The van der Waals surface area contributed by atoms with Crippen molar-refractivity contribution in [2.24, 2.45) is 0 Å². The molecule has 0 bridgehead atoms. The number of nitrogens with zero attached hydrogens (tertiary/aromatic N) is 4. The molecule has 2 aromatic rings. The Bertz CT molecular complexity index is 578. The van der Waals surface area contributed by atoms with E-state index in [2.05, 4.69) is 26.2 Å². The third-order valence-corrected chi connectivity index (χ3v) is 2.93. The quantitative estimate of drug-likeness (QED) is 0.849. The van der Waals surface area contributed by atoms with E-state index in [1.165, 1.54) is 11.0 Å². The lowest BCUT2D eigenvalue weighted by atomic mass is 10.0. The van der Waals surface area contributed by atoms with Crippen LogP contribution in [0.15, 0.2) is 30.6 Å². The molecule has 0 aliphatic heterocycles. The fourth-order valence-electron chi connectivity index (χ4n) is 1.85. The maximum Gasteiger partial charge on any atom is 0.244 e. The topological polar surface area (TPSA) is 84.7 Å². The Balaban J connectivity index is 2.25. The Hall–Kier alpha value is -2.28. The highest BCUT2D eigenvalue weighted by molar-refractivity contribution is 5.98. The van der Waals surface area contributed by atoms with Crippen LogP contribution in [0.4, 0.5) is 5.69 Å². The van der Waals surface area contributed by atoms with Gasteiger partial charge in [0.25, 0.3) is 0 Å². The van der Waals surface area contributed by atoms with Crippen molar-refractivity contribution in [3.63, 3.8) is 0 Å². The minimum absolute atomic E-state index is 0.111. The molecule has 1 heterocycles. The highest BCUT2D eigenvalue weighted by Gasteiger charge is 2.26. The number of anilines is 1. The molecule has 7 heteroatoms. The lowest BCUT2D eigenvalue weighted by molar-refractivity contribution is -0.121. The monoisotopic (exact) mass is 274 g/mol. The summed E-state index contributed by atoms with van der Waals surface area (Å²) in [4.78, 5) is 12.3. The SMILES string of the molecule is CCNC(C)(C)C(=O)Nc1ccccc1-n1cnnn1. The first-order chi connectivity index (χ1) is 9.54. The predicted octanol–water partition coefficient (Wildman–Crippen LogP) is 0.989. The van der Waals surface area contributed by atoms with E-state index in [0.29, 0.717) is 5.69 Å². The van der Waals surface area contributed by atoms with Crippen LogP contribution in [0.5, 0.6) is 0 Å². The van der Waals surface area contributed by atoms with Crippen molar-refractivity contribution < 1.29 is 4.79 Å². The summed E-state index contributed by atoms with van der Waals surface area (Å²) in [6.45, 7) is 6.36. The molecule has 0 fully saturated rings. The summed E-state index contributed by atoms with van der Waals surface area (Å²) in [6.07, 6.45) is 1.49. The van der Waals surface area contributed by atoms with Gasteiger partial charge in [-0.15, -0.1) is 5.10 Å². The van der Waals surface area contributed by atoms with Gasteiger partial charge in [0.1, 0.15) is 6.33 Å². The Morgan fingerprint density at radius 3 is 2.75 bits per heavy atom. The number of likely N-dealkylation sites (N-methyl/N-ethyl adjacent to an activating group) is 1. The van der Waals surface area contributed by atoms with Crippen molar-refractivity contribution in [1.29, 1.82) is 0 Å². The van der Waals surface area contributed by atoms with E-state index >= 15 is 0 Å². The van der Waals surface area contributed by atoms with E-state index in [1.807, 2.05) is 45.0 Å². The first kappa shape index (κ1) is 14.1. The molecule has 1 amide bonds. The van der Waals surface area contributed by atoms with Crippen LogP contribution in [0.2, 0.25) is 0 Å². The van der Waals surface area contributed by atoms with Crippen LogP contribution in [0.25, 0.3) is 5.69 Å². The van der Waals surface area contributed by atoms with Gasteiger partial charge >= 0.3 is 0 Å². The van der Waals surface area contributed by atoms with E-state index in [4.69, 9.17) is 0 Å². The fourth-order valence-corrected chi connectivity index (χ4v) is 1.85. The number of aromatic nitrogens is 4. The van der Waals surface area contributed by atoms with Crippen molar-refractivity contribution in [1.82, 2.24) is 25.5 Å². The Morgan fingerprint density at radius 1 is 1.35 bits per heavy atom. The normalized spacial score (nSPS) is 11.3. The van der Waals surface area contributed by atoms with E-state index < -0.39 is 5.54 Å². The molecule has 106 valence electrons. The van der Waals surface area contributed by atoms with Gasteiger partial charge in [0.05, 0.1) is 16.9 Å². The molecular weight excluding hydrogens is 256 g/mol. The lowest BCUT2D eigenvalue weighted by Crippen LogP contribution is -2.49. The van der Waals surface area contributed by atoms with Gasteiger partial charge in [-0.25, -0.2) is 0 Å². The minimum Gasteiger partial charge on any atom is -0.323 e. The van der Waals surface area contributed by atoms with E-state index in [9.17, 15) is 4.79 Å². The molecule has 1 aromatic carbocycles. The van der Waals surface area contributed by atoms with Crippen LogP contribution in [0.1, 0.15) is 20.8 Å². The minimum atomic E-state index is -0.650. The molecule has 2 N–H and O–H groups in total. The number of para-hydroxylation sites is 2. The first-order valence-corrected chi connectivity index (χ1v) is 6.43. The van der Waals surface area contributed by atoms with E-state index in [1.54, 1.807) is 0 Å². The van der Waals surface area contributed by atoms with Crippen LogP contribution in [-0.2, 0) is 4.79 Å². The molecule has 2 rings (SSSR count). The summed E-state index contributed by atoms with van der Waals surface area (Å²) in [5.74, 6) is -0.111. The van der Waals surface area contributed by atoms with Crippen molar-refractivity contribution >= 4 is 11.6 Å². The number of tetrazole rings is 1. The highest BCUT2D eigenvalue weighted by Crippen LogP contribution is 2.19. The Morgan fingerprint density at radius 2 is 2.10 bits per heavy atom. The molecule has 0 radical (unpaired) electrons. The van der Waals surface area contributed by atoms with E-state index in [-0.39, 0.29) is 5.91 Å². The largest absolute Gasteiger partial charge is 0.323 e. The number of hydrogen-bond donors (Lipinski definition) is 2. The number of nitrogens with one attached hydrogen (secondary N) is 2. The number of rotatable bonds is 5. The number of carbonyl (C=O) groups is 1. The van der Waals surface area contributed by atoms with Crippen LogP contribution in [-0.4, -0.2) is 38.2 Å². The second-order valence-electron chi connectivity index (χ2n) is 4.88. The van der Waals surface area contributed by atoms with Gasteiger partial charge in [0.15, 0.2) is 0 Å². The average molecular weight is 274 g/mol. The van der Waals surface area contributed by atoms with Gasteiger partial charge in [0, 0.05) is 0 Å². The molecule has 20 heavy (non-hydrogen) atoms. The third kappa shape index (κ3) is 3.00. The molecule has 7 nitrogen and oxygen atoms in total. The standard InChI is InChI=1S/C13H18N6O/c1-4-14-13(2,3)12(20)16-10-7-5-6-8-11(10)19-9-15-17-18-19/h5-9,14H,4H2,1-3H3,(H,16,20). The smallest absolute Gasteiger partial charge is 0.244 e. The summed E-state index contributed by atoms with van der Waals surface area (Å²) < 4.78 is 1.51. The molecule has 0 saturated carbocycles. The Labute approximate surface area is 117 Å². The second kappa shape index (κ2) is 5.79. The van der Waals surface area contributed by atoms with Crippen molar-refractivity contribution in [2.45, 2.75) is 26.3 Å². The number of hydrogen-bond acceptors (Lipinski definition) is 5. The molecule has 1 aromatic heterocycles. The zero-order valence-corrected chi connectivity index (χ0v) is 11.8. The fraction of sp³-hybridized carbons (Fsp3) is 0.385. The molecule has 0 aliphatic carbocycles. The summed E-state index contributed by atoms with van der Waals surface area (Å²) in [6, 6.07) is 7.37. The lowest BCUT2D eigenvalue weighted by Gasteiger charge is -2.25. The van der Waals surface area contributed by atoms with Gasteiger partial charge in [0.2, 0.25) is 5.91 Å². The van der Waals surface area contributed by atoms with Gasteiger partial charge < -0.3 is 10.6 Å².